The van der Waals surface area contributed by atoms with Crippen LogP contribution in [0.15, 0.2) is 34.4 Å². The summed E-state index contributed by atoms with van der Waals surface area (Å²) in [7, 11) is 0. The lowest BCUT2D eigenvalue weighted by atomic mass is 9.95. The van der Waals surface area contributed by atoms with E-state index < -0.39 is 0 Å². The molecule has 0 fully saturated rings. The van der Waals surface area contributed by atoms with Gasteiger partial charge in [0.1, 0.15) is 17.4 Å². The van der Waals surface area contributed by atoms with Gasteiger partial charge in [-0.3, -0.25) is 14.2 Å². The smallest absolute Gasteiger partial charge is 0.307 e. The monoisotopic (exact) mass is 424 g/mol. The molecule has 8 heteroatoms. The molecule has 148 valence electrons. The van der Waals surface area contributed by atoms with Crippen LogP contribution in [0.5, 0.6) is 0 Å². The molecule has 1 aliphatic carbocycles. The number of imidazole rings is 1. The Bertz CT molecular complexity index is 1240. The molecule has 2 N–H and O–H groups in total. The molecule has 4 aromatic rings. The van der Waals surface area contributed by atoms with Crippen molar-refractivity contribution in [2.45, 2.75) is 39.2 Å². The topological polar surface area (TPSA) is 79.8 Å². The lowest BCUT2D eigenvalue weighted by Gasteiger charge is -2.12. The first-order chi connectivity index (χ1) is 14.1. The van der Waals surface area contributed by atoms with Crippen molar-refractivity contribution in [2.24, 2.45) is 0 Å². The summed E-state index contributed by atoms with van der Waals surface area (Å²) >= 11 is 2.76. The number of benzene rings is 1. The summed E-state index contributed by atoms with van der Waals surface area (Å²) in [4.78, 5) is 34.1. The minimum atomic E-state index is -0.190. The molecule has 0 aliphatic heterocycles. The van der Waals surface area contributed by atoms with Crippen molar-refractivity contribution in [3.05, 3.63) is 55.4 Å². The van der Waals surface area contributed by atoms with Crippen LogP contribution in [0.2, 0.25) is 0 Å². The third-order valence-electron chi connectivity index (χ3n) is 5.33. The number of rotatable bonds is 4. The zero-order valence-electron chi connectivity index (χ0n) is 15.9. The van der Waals surface area contributed by atoms with Crippen molar-refractivity contribution in [1.82, 2.24) is 14.5 Å². The Balaban J connectivity index is 1.53. The van der Waals surface area contributed by atoms with Crippen LogP contribution in [0.25, 0.3) is 22.4 Å². The van der Waals surface area contributed by atoms with Gasteiger partial charge in [-0.2, -0.15) is 0 Å². The predicted octanol–water partition coefficient (Wildman–Crippen LogP) is 4.34. The highest BCUT2D eigenvalue weighted by Crippen LogP contribution is 2.43. The summed E-state index contributed by atoms with van der Waals surface area (Å²) in [6, 6.07) is 7.95. The van der Waals surface area contributed by atoms with Crippen LogP contribution in [0.4, 0.5) is 5.00 Å². The molecular weight excluding hydrogens is 404 g/mol. The number of nitrogens with zero attached hydrogens (tertiary/aromatic N) is 2. The SMILES string of the molecule is Cc1csc(=O)n1CC(=O)Nc1sc2c(c1-c1nc3ccccc3[nH]1)CCCC2. The molecule has 29 heavy (non-hydrogen) atoms. The van der Waals surface area contributed by atoms with E-state index in [2.05, 4.69) is 10.3 Å². The average Bonchev–Trinajstić information content (AvgIpc) is 3.38. The fourth-order valence-corrected chi connectivity index (χ4v) is 5.92. The van der Waals surface area contributed by atoms with Crippen LogP contribution in [0.3, 0.4) is 0 Å². The minimum absolute atomic E-state index is 0.0241. The number of aromatic amines is 1. The molecule has 3 aromatic heterocycles. The van der Waals surface area contributed by atoms with Crippen LogP contribution in [0, 0.1) is 6.92 Å². The summed E-state index contributed by atoms with van der Waals surface area (Å²) in [5.41, 5.74) is 4.99. The summed E-state index contributed by atoms with van der Waals surface area (Å²) in [5, 5.41) is 5.67. The van der Waals surface area contributed by atoms with Crippen molar-refractivity contribution >= 4 is 44.6 Å². The van der Waals surface area contributed by atoms with E-state index in [9.17, 15) is 9.59 Å². The number of fused-ring (bicyclic) bond motifs is 2. The molecule has 3 heterocycles. The van der Waals surface area contributed by atoms with Crippen LogP contribution < -0.4 is 10.2 Å². The molecule has 0 saturated carbocycles. The van der Waals surface area contributed by atoms with Crippen LogP contribution in [0.1, 0.15) is 29.0 Å². The largest absolute Gasteiger partial charge is 0.338 e. The second kappa shape index (κ2) is 7.27. The maximum atomic E-state index is 12.8. The molecule has 1 aliphatic rings. The number of hydrogen-bond acceptors (Lipinski definition) is 5. The van der Waals surface area contributed by atoms with E-state index in [1.54, 1.807) is 16.7 Å². The predicted molar refractivity (Wildman–Crippen MR) is 118 cm³/mol. The Morgan fingerprint density at radius 2 is 2.10 bits per heavy atom. The number of aryl methyl sites for hydroxylation is 2. The molecule has 1 amide bonds. The first-order valence-corrected chi connectivity index (χ1v) is 11.3. The van der Waals surface area contributed by atoms with Gasteiger partial charge < -0.3 is 10.3 Å². The summed E-state index contributed by atoms with van der Waals surface area (Å²) < 4.78 is 1.51. The molecule has 0 saturated heterocycles. The highest BCUT2D eigenvalue weighted by molar-refractivity contribution is 7.17. The number of hydrogen-bond donors (Lipinski definition) is 2. The van der Waals surface area contributed by atoms with Gasteiger partial charge >= 0.3 is 4.87 Å². The zero-order chi connectivity index (χ0) is 20.0. The van der Waals surface area contributed by atoms with E-state index in [0.29, 0.717) is 0 Å². The number of amides is 1. The Morgan fingerprint density at radius 1 is 1.28 bits per heavy atom. The number of para-hydroxylation sites is 2. The fourth-order valence-electron chi connectivity index (χ4n) is 3.88. The van der Waals surface area contributed by atoms with E-state index in [-0.39, 0.29) is 17.3 Å². The van der Waals surface area contributed by atoms with Crippen LogP contribution >= 0.6 is 22.7 Å². The summed E-state index contributed by atoms with van der Waals surface area (Å²) in [5.74, 6) is 0.606. The van der Waals surface area contributed by atoms with E-state index in [1.165, 1.54) is 21.4 Å². The lowest BCUT2D eigenvalue weighted by molar-refractivity contribution is -0.116. The van der Waals surface area contributed by atoms with Crippen molar-refractivity contribution in [1.29, 1.82) is 0 Å². The number of carbonyl (C=O) groups excluding carboxylic acids is 1. The van der Waals surface area contributed by atoms with Gasteiger partial charge in [0.05, 0.1) is 16.6 Å². The summed E-state index contributed by atoms with van der Waals surface area (Å²) in [6.07, 6.45) is 4.35. The molecule has 0 unspecified atom stereocenters. The van der Waals surface area contributed by atoms with E-state index in [0.717, 1.165) is 63.7 Å². The minimum Gasteiger partial charge on any atom is -0.338 e. The van der Waals surface area contributed by atoms with Gasteiger partial charge in [-0.1, -0.05) is 23.5 Å². The fraction of sp³-hybridized carbons (Fsp3) is 0.286. The molecular formula is C21H20N4O2S2. The number of H-pyrrole nitrogens is 1. The van der Waals surface area contributed by atoms with Gasteiger partial charge in [0, 0.05) is 16.0 Å². The third-order valence-corrected chi connectivity index (χ3v) is 7.42. The van der Waals surface area contributed by atoms with Crippen molar-refractivity contribution < 1.29 is 4.79 Å². The van der Waals surface area contributed by atoms with Gasteiger partial charge in [0.25, 0.3) is 0 Å². The van der Waals surface area contributed by atoms with Crippen molar-refractivity contribution in [2.75, 3.05) is 5.32 Å². The zero-order valence-corrected chi connectivity index (χ0v) is 17.6. The number of nitrogens with one attached hydrogen (secondary N) is 2. The standard InChI is InChI=1S/C21H20N4O2S2/c1-12-11-28-21(27)25(12)10-17(26)24-20-18(13-6-2-5-9-16(13)29-20)19-22-14-7-3-4-8-15(14)23-19/h3-4,7-8,11H,2,5-6,9-10H2,1H3,(H,22,23)(H,24,26). The Hall–Kier alpha value is -2.71. The first kappa shape index (κ1) is 18.3. The average molecular weight is 425 g/mol. The van der Waals surface area contributed by atoms with E-state index in [4.69, 9.17) is 4.98 Å². The number of thiophene rings is 1. The Labute approximate surface area is 175 Å². The van der Waals surface area contributed by atoms with Crippen LogP contribution in [-0.4, -0.2) is 20.4 Å². The number of carbonyl (C=O) groups is 1. The molecule has 0 atom stereocenters. The molecule has 6 nitrogen and oxygen atoms in total. The van der Waals surface area contributed by atoms with E-state index >= 15 is 0 Å². The van der Waals surface area contributed by atoms with Gasteiger partial charge in [0.2, 0.25) is 5.91 Å². The molecule has 5 rings (SSSR count). The second-order valence-electron chi connectivity index (χ2n) is 7.29. The van der Waals surface area contributed by atoms with Gasteiger partial charge in [-0.25, -0.2) is 4.98 Å². The van der Waals surface area contributed by atoms with Crippen molar-refractivity contribution in [3.8, 4) is 11.4 Å². The first-order valence-electron chi connectivity index (χ1n) is 9.64. The molecule has 1 aromatic carbocycles. The van der Waals surface area contributed by atoms with E-state index in [1.807, 2.05) is 31.2 Å². The number of thiazole rings is 1. The van der Waals surface area contributed by atoms with Gasteiger partial charge in [0.15, 0.2) is 0 Å². The highest BCUT2D eigenvalue weighted by Gasteiger charge is 2.25. The molecule has 0 radical (unpaired) electrons. The second-order valence-corrected chi connectivity index (χ2v) is 9.22. The lowest BCUT2D eigenvalue weighted by Crippen LogP contribution is -2.25. The van der Waals surface area contributed by atoms with Gasteiger partial charge in [-0.15, -0.1) is 11.3 Å². The highest BCUT2D eigenvalue weighted by atomic mass is 32.1. The Morgan fingerprint density at radius 3 is 2.90 bits per heavy atom. The van der Waals surface area contributed by atoms with Crippen molar-refractivity contribution in [3.63, 3.8) is 0 Å². The Kier molecular flexibility index (Phi) is 4.60. The molecule has 0 bridgehead atoms. The summed E-state index contributed by atoms with van der Waals surface area (Å²) in [6.45, 7) is 1.87. The third kappa shape index (κ3) is 3.32. The quantitative estimate of drug-likeness (QED) is 0.511. The maximum absolute atomic E-state index is 12.8. The maximum Gasteiger partial charge on any atom is 0.307 e. The normalized spacial score (nSPS) is 13.6. The van der Waals surface area contributed by atoms with Gasteiger partial charge in [-0.05, 0) is 50.3 Å². The van der Waals surface area contributed by atoms with Crippen LogP contribution in [-0.2, 0) is 24.2 Å². The molecule has 0 spiro atoms. The number of anilines is 1. The number of aromatic nitrogens is 3.